The van der Waals surface area contributed by atoms with Crippen LogP contribution in [0, 0.1) is 5.92 Å². The smallest absolute Gasteiger partial charge is 0.124 e. The van der Waals surface area contributed by atoms with Gasteiger partial charge in [-0.25, -0.2) is 4.39 Å². The first-order chi connectivity index (χ1) is 11.5. The summed E-state index contributed by atoms with van der Waals surface area (Å²) in [7, 11) is 1.64. The van der Waals surface area contributed by atoms with Crippen molar-refractivity contribution in [2.45, 2.75) is 38.4 Å². The van der Waals surface area contributed by atoms with Gasteiger partial charge in [0.2, 0.25) is 0 Å². The summed E-state index contributed by atoms with van der Waals surface area (Å²) in [5.74, 6) is 0.556. The van der Waals surface area contributed by atoms with Crippen molar-refractivity contribution < 1.29 is 13.9 Å². The zero-order valence-electron chi connectivity index (χ0n) is 14.3. The Kier molecular flexibility index (Phi) is 4.88. The van der Waals surface area contributed by atoms with Crippen LogP contribution in [0.15, 0.2) is 54.6 Å². The molecule has 24 heavy (non-hydrogen) atoms. The van der Waals surface area contributed by atoms with E-state index in [4.69, 9.17) is 9.47 Å². The molecule has 0 bridgehead atoms. The van der Waals surface area contributed by atoms with Crippen molar-refractivity contribution in [2.75, 3.05) is 7.11 Å². The van der Waals surface area contributed by atoms with Crippen LogP contribution in [-0.4, -0.2) is 19.0 Å². The number of hydrogen-bond donors (Lipinski definition) is 1. The second-order valence-corrected chi connectivity index (χ2v) is 6.48. The maximum Gasteiger partial charge on any atom is 0.124 e. The van der Waals surface area contributed by atoms with E-state index in [0.717, 1.165) is 16.9 Å². The van der Waals surface area contributed by atoms with Crippen molar-refractivity contribution >= 4 is 0 Å². The van der Waals surface area contributed by atoms with Gasteiger partial charge in [-0.3, -0.25) is 5.32 Å². The lowest BCUT2D eigenvalue weighted by atomic mass is 9.74. The van der Waals surface area contributed by atoms with E-state index in [1.165, 1.54) is 0 Å². The Morgan fingerprint density at radius 3 is 2.38 bits per heavy atom. The van der Waals surface area contributed by atoms with Gasteiger partial charge in [-0.1, -0.05) is 42.5 Å². The quantitative estimate of drug-likeness (QED) is 0.859. The van der Waals surface area contributed by atoms with Gasteiger partial charge in [-0.15, -0.1) is 0 Å². The number of rotatable bonds is 6. The van der Waals surface area contributed by atoms with Gasteiger partial charge in [0.25, 0.3) is 0 Å². The molecule has 0 aliphatic carbocycles. The van der Waals surface area contributed by atoms with Gasteiger partial charge in [0.1, 0.15) is 17.6 Å². The SMILES string of the molecule is COc1ccc(C2N[C@](C)(OCc3ccccc3)[C@@H]2[C@H](C)F)cc1. The standard InChI is InChI=1S/C20H24FNO2/c1-14(21)18-19(16-9-11-17(23-3)12-10-16)22-20(18,2)24-13-15-7-5-4-6-8-15/h4-12,14,18-19,22H,13H2,1-3H3/t14-,18+,19?,20+/m0/s1. The second kappa shape index (κ2) is 6.91. The largest absolute Gasteiger partial charge is 0.497 e. The summed E-state index contributed by atoms with van der Waals surface area (Å²) in [4.78, 5) is 0. The molecule has 4 atom stereocenters. The predicted octanol–water partition coefficient (Wildman–Crippen LogP) is 4.25. The van der Waals surface area contributed by atoms with Crippen molar-refractivity contribution in [3.63, 3.8) is 0 Å². The van der Waals surface area contributed by atoms with Crippen molar-refractivity contribution in [1.82, 2.24) is 5.32 Å². The molecule has 1 N–H and O–H groups in total. The minimum atomic E-state index is -0.973. The summed E-state index contributed by atoms with van der Waals surface area (Å²) in [6, 6.07) is 17.6. The van der Waals surface area contributed by atoms with Crippen LogP contribution in [0.1, 0.15) is 31.0 Å². The molecule has 1 fully saturated rings. The van der Waals surface area contributed by atoms with Gasteiger partial charge in [-0.05, 0) is 37.1 Å². The number of methoxy groups -OCH3 is 1. The zero-order chi connectivity index (χ0) is 17.2. The summed E-state index contributed by atoms with van der Waals surface area (Å²) >= 11 is 0. The molecule has 2 aromatic rings. The molecular weight excluding hydrogens is 305 g/mol. The summed E-state index contributed by atoms with van der Waals surface area (Å²) in [5.41, 5.74) is 1.46. The lowest BCUT2D eigenvalue weighted by molar-refractivity contribution is -0.202. The van der Waals surface area contributed by atoms with Gasteiger partial charge in [0.15, 0.2) is 0 Å². The van der Waals surface area contributed by atoms with Gasteiger partial charge >= 0.3 is 0 Å². The van der Waals surface area contributed by atoms with Crippen LogP contribution in [0.2, 0.25) is 0 Å². The van der Waals surface area contributed by atoms with Crippen LogP contribution in [-0.2, 0) is 11.3 Å². The van der Waals surface area contributed by atoms with E-state index in [1.807, 2.05) is 61.5 Å². The van der Waals surface area contributed by atoms with Crippen LogP contribution < -0.4 is 10.1 Å². The highest BCUT2D eigenvalue weighted by Crippen LogP contribution is 2.46. The van der Waals surface area contributed by atoms with Crippen LogP contribution in [0.4, 0.5) is 4.39 Å². The van der Waals surface area contributed by atoms with Crippen LogP contribution in [0.5, 0.6) is 5.75 Å². The van der Waals surface area contributed by atoms with E-state index >= 15 is 0 Å². The number of hydrogen-bond acceptors (Lipinski definition) is 3. The van der Waals surface area contributed by atoms with E-state index in [-0.39, 0.29) is 12.0 Å². The fourth-order valence-corrected chi connectivity index (χ4v) is 3.47. The maximum absolute atomic E-state index is 14.3. The third-order valence-electron chi connectivity index (χ3n) is 4.79. The Hall–Kier alpha value is -1.91. The molecule has 3 rings (SSSR count). The van der Waals surface area contributed by atoms with Crippen LogP contribution >= 0.6 is 0 Å². The zero-order valence-corrected chi connectivity index (χ0v) is 14.3. The number of nitrogens with one attached hydrogen (secondary N) is 1. The first kappa shape index (κ1) is 16.9. The van der Waals surface area contributed by atoms with Crippen molar-refractivity contribution in [3.8, 4) is 5.75 Å². The molecule has 0 amide bonds. The molecular formula is C20H24FNO2. The van der Waals surface area contributed by atoms with E-state index in [0.29, 0.717) is 6.61 Å². The third-order valence-corrected chi connectivity index (χ3v) is 4.79. The Balaban J connectivity index is 1.71. The molecule has 0 saturated carbocycles. The van der Waals surface area contributed by atoms with E-state index in [9.17, 15) is 4.39 Å². The van der Waals surface area contributed by atoms with Crippen LogP contribution in [0.3, 0.4) is 0 Å². The van der Waals surface area contributed by atoms with E-state index in [1.54, 1.807) is 14.0 Å². The van der Waals surface area contributed by atoms with Gasteiger partial charge in [0, 0.05) is 6.04 Å². The lowest BCUT2D eigenvalue weighted by Gasteiger charge is -2.55. The predicted molar refractivity (Wildman–Crippen MR) is 92.6 cm³/mol. The molecule has 1 aliphatic rings. The Bertz CT molecular complexity index is 659. The molecule has 1 saturated heterocycles. The van der Waals surface area contributed by atoms with Crippen molar-refractivity contribution in [2.24, 2.45) is 5.92 Å². The minimum Gasteiger partial charge on any atom is -0.497 e. The molecule has 3 nitrogen and oxygen atoms in total. The number of ether oxygens (including phenoxy) is 2. The second-order valence-electron chi connectivity index (χ2n) is 6.48. The first-order valence-electron chi connectivity index (χ1n) is 8.27. The minimum absolute atomic E-state index is 0.0586. The molecule has 2 aromatic carbocycles. The van der Waals surface area contributed by atoms with E-state index < -0.39 is 11.9 Å². The highest BCUT2D eigenvalue weighted by Gasteiger charge is 2.54. The van der Waals surface area contributed by atoms with Crippen LogP contribution in [0.25, 0.3) is 0 Å². The molecule has 1 heterocycles. The van der Waals surface area contributed by atoms with Gasteiger partial charge < -0.3 is 9.47 Å². The van der Waals surface area contributed by atoms with E-state index in [2.05, 4.69) is 5.32 Å². The molecule has 0 aromatic heterocycles. The van der Waals surface area contributed by atoms with Crippen molar-refractivity contribution in [1.29, 1.82) is 0 Å². The third kappa shape index (κ3) is 3.30. The highest BCUT2D eigenvalue weighted by atomic mass is 19.1. The van der Waals surface area contributed by atoms with Gasteiger partial charge in [-0.2, -0.15) is 0 Å². The monoisotopic (exact) mass is 329 g/mol. The fraction of sp³-hybridized carbons (Fsp3) is 0.400. The fourth-order valence-electron chi connectivity index (χ4n) is 3.47. The summed E-state index contributed by atoms with van der Waals surface area (Å²) in [6.45, 7) is 3.99. The Morgan fingerprint density at radius 2 is 1.79 bits per heavy atom. The Labute approximate surface area is 142 Å². The van der Waals surface area contributed by atoms with Crippen molar-refractivity contribution in [3.05, 3.63) is 65.7 Å². The first-order valence-corrected chi connectivity index (χ1v) is 8.27. The molecule has 0 radical (unpaired) electrons. The number of benzene rings is 2. The van der Waals surface area contributed by atoms with Gasteiger partial charge in [0.05, 0.1) is 19.6 Å². The molecule has 0 spiro atoms. The molecule has 1 unspecified atom stereocenters. The average molecular weight is 329 g/mol. The normalized spacial score (nSPS) is 27.3. The molecule has 1 aliphatic heterocycles. The molecule has 128 valence electrons. The summed E-state index contributed by atoms with van der Waals surface area (Å²) < 4.78 is 25.5. The topological polar surface area (TPSA) is 30.5 Å². The Morgan fingerprint density at radius 1 is 1.12 bits per heavy atom. The molecule has 4 heteroatoms. The number of alkyl halides is 1. The number of halogens is 1. The summed E-state index contributed by atoms with van der Waals surface area (Å²) in [5, 5.41) is 3.41. The highest BCUT2D eigenvalue weighted by molar-refractivity contribution is 5.32. The maximum atomic E-state index is 14.3. The summed E-state index contributed by atoms with van der Waals surface area (Å²) in [6.07, 6.45) is -0.973. The lowest BCUT2D eigenvalue weighted by Crippen LogP contribution is -2.68. The average Bonchev–Trinajstić information content (AvgIpc) is 2.58.